The highest BCUT2D eigenvalue weighted by molar-refractivity contribution is 8.24. The van der Waals surface area contributed by atoms with Crippen molar-refractivity contribution in [1.29, 1.82) is 0 Å². The zero-order valence-corrected chi connectivity index (χ0v) is 25.5. The Hall–Kier alpha value is -0.920. The molecule has 1 unspecified atom stereocenters. The minimum atomic E-state index is -3.22. The van der Waals surface area contributed by atoms with Crippen molar-refractivity contribution in [2.45, 2.75) is 87.9 Å². The molecule has 5 rings (SSSR count). The molecule has 1 saturated carbocycles. The molecule has 0 aromatic heterocycles. The number of nitrogens with zero attached hydrogens (tertiary/aromatic N) is 1. The van der Waals surface area contributed by atoms with Gasteiger partial charge >= 0.3 is 0 Å². The third kappa shape index (κ3) is 7.16. The van der Waals surface area contributed by atoms with E-state index in [0.717, 1.165) is 44.1 Å². The Morgan fingerprint density at radius 1 is 1.05 bits per heavy atom. The SMILES string of the molecule is N[C@H](C(=O)N[C@H]1CCC[C@@H]1CC[C@H]1CN[C@@H]2CCCS(=O)(=O)N1C2)[C@@H](c1ccc(Cl)cc1)C1CCS(O)(O)CC1. The highest BCUT2D eigenvalue weighted by Crippen LogP contribution is 2.49. The lowest BCUT2D eigenvalue weighted by Crippen LogP contribution is -2.57. The lowest BCUT2D eigenvalue weighted by molar-refractivity contribution is -0.124. The number of nitrogens with two attached hydrogens (primary N) is 1. The van der Waals surface area contributed by atoms with E-state index in [1.54, 1.807) is 4.31 Å². The number of fused-ring (bicyclic) bond motifs is 2. The van der Waals surface area contributed by atoms with Crippen LogP contribution in [0.1, 0.15) is 69.3 Å². The predicted octanol–water partition coefficient (Wildman–Crippen LogP) is 3.74. The molecule has 9 nitrogen and oxygen atoms in total. The normalized spacial score (nSPS) is 34.4. The number of halogens is 1. The average molecular weight is 617 g/mol. The molecule has 40 heavy (non-hydrogen) atoms. The van der Waals surface area contributed by atoms with E-state index in [2.05, 4.69) is 10.6 Å². The van der Waals surface area contributed by atoms with Crippen molar-refractivity contribution in [2.24, 2.45) is 17.6 Å². The van der Waals surface area contributed by atoms with Gasteiger partial charge in [0, 0.05) is 53.7 Å². The maximum Gasteiger partial charge on any atom is 0.237 e. The number of hydrogen-bond acceptors (Lipinski definition) is 7. The Kier molecular flexibility index (Phi) is 9.73. The Labute approximate surface area is 245 Å². The molecule has 6 N–H and O–H groups in total. The average Bonchev–Trinajstić information content (AvgIpc) is 3.31. The number of hydrogen-bond donors (Lipinski definition) is 5. The van der Waals surface area contributed by atoms with Crippen LogP contribution in [0.4, 0.5) is 0 Å². The molecule has 226 valence electrons. The summed E-state index contributed by atoms with van der Waals surface area (Å²) in [5.41, 5.74) is 7.64. The number of benzene rings is 1. The minimum absolute atomic E-state index is 0.0211. The van der Waals surface area contributed by atoms with Crippen molar-refractivity contribution >= 4 is 38.1 Å². The molecule has 1 aliphatic carbocycles. The van der Waals surface area contributed by atoms with Crippen LogP contribution in [-0.4, -0.2) is 82.3 Å². The van der Waals surface area contributed by atoms with Crippen LogP contribution in [0.5, 0.6) is 0 Å². The first-order valence-electron chi connectivity index (χ1n) is 14.8. The van der Waals surface area contributed by atoms with Crippen molar-refractivity contribution in [2.75, 3.05) is 30.3 Å². The van der Waals surface area contributed by atoms with Gasteiger partial charge in [-0.05, 0) is 80.9 Å². The second-order valence-electron chi connectivity index (χ2n) is 12.3. The molecule has 0 spiro atoms. The van der Waals surface area contributed by atoms with Crippen LogP contribution < -0.4 is 16.4 Å². The van der Waals surface area contributed by atoms with Crippen LogP contribution in [0, 0.1) is 11.8 Å². The number of carbonyl (C=O) groups is 1. The van der Waals surface area contributed by atoms with Gasteiger partial charge in [-0.2, -0.15) is 14.9 Å². The lowest BCUT2D eigenvalue weighted by Gasteiger charge is -2.43. The fourth-order valence-electron chi connectivity index (χ4n) is 7.41. The van der Waals surface area contributed by atoms with E-state index in [0.29, 0.717) is 54.8 Å². The van der Waals surface area contributed by atoms with Crippen LogP contribution in [0.25, 0.3) is 0 Å². The Morgan fingerprint density at radius 2 is 1.77 bits per heavy atom. The molecule has 3 heterocycles. The van der Waals surface area contributed by atoms with Gasteiger partial charge in [0.2, 0.25) is 15.9 Å². The minimum Gasteiger partial charge on any atom is -0.352 e. The summed E-state index contributed by atoms with van der Waals surface area (Å²) in [6.07, 6.45) is 7.41. The number of rotatable bonds is 8. The van der Waals surface area contributed by atoms with Crippen LogP contribution in [0.3, 0.4) is 0 Å². The molecule has 7 atom stereocenters. The number of carbonyl (C=O) groups excluding carboxylic acids is 1. The quantitative estimate of drug-likeness (QED) is 0.299. The lowest BCUT2D eigenvalue weighted by atomic mass is 9.77. The van der Waals surface area contributed by atoms with Crippen molar-refractivity contribution in [3.05, 3.63) is 34.9 Å². The zero-order chi connectivity index (χ0) is 28.5. The summed E-state index contributed by atoms with van der Waals surface area (Å²) in [6, 6.07) is 6.93. The molecule has 3 aliphatic heterocycles. The fourth-order valence-corrected chi connectivity index (χ4v) is 10.9. The highest BCUT2D eigenvalue weighted by Gasteiger charge is 2.40. The molecular formula is C28H45ClN4O5S2. The van der Waals surface area contributed by atoms with Crippen molar-refractivity contribution in [1.82, 2.24) is 14.9 Å². The van der Waals surface area contributed by atoms with Crippen molar-refractivity contribution in [3.8, 4) is 0 Å². The first kappa shape index (κ1) is 30.5. The zero-order valence-electron chi connectivity index (χ0n) is 23.1. The van der Waals surface area contributed by atoms with Gasteiger partial charge in [-0.1, -0.05) is 30.2 Å². The van der Waals surface area contributed by atoms with E-state index >= 15 is 0 Å². The molecule has 4 fully saturated rings. The van der Waals surface area contributed by atoms with Gasteiger partial charge in [0.05, 0.1) is 11.8 Å². The molecule has 2 bridgehead atoms. The predicted molar refractivity (Wildman–Crippen MR) is 161 cm³/mol. The molecule has 12 heteroatoms. The maximum absolute atomic E-state index is 13.6. The standard InChI is InChI=1S/C28H45ClN4O5S2/c29-22-9-6-20(7-10-22)26(21-12-15-39(35,36)16-13-21)27(30)28(34)32-25-5-1-3-19(25)8-11-24-17-31-23-4-2-14-40(37,38)33(24)18-23/h6-7,9-10,19,21,23-27,31,35-36H,1-5,8,11-18,30H2,(H,32,34)/t19-,23-,24+,25+,26+,27+/m1/s1. The summed E-state index contributed by atoms with van der Waals surface area (Å²) in [5.74, 6) is 0.846. The molecule has 1 aromatic rings. The van der Waals surface area contributed by atoms with Gasteiger partial charge in [0.25, 0.3) is 0 Å². The van der Waals surface area contributed by atoms with Gasteiger partial charge in [-0.15, -0.1) is 0 Å². The molecule has 3 saturated heterocycles. The van der Waals surface area contributed by atoms with Gasteiger partial charge in [-0.3, -0.25) is 13.9 Å². The summed E-state index contributed by atoms with van der Waals surface area (Å²) >= 11 is 6.14. The van der Waals surface area contributed by atoms with Crippen LogP contribution >= 0.6 is 22.2 Å². The smallest absolute Gasteiger partial charge is 0.237 e. The van der Waals surface area contributed by atoms with E-state index in [1.165, 1.54) is 0 Å². The number of nitrogens with one attached hydrogen (secondary N) is 2. The summed E-state index contributed by atoms with van der Waals surface area (Å²) in [4.78, 5) is 13.6. The first-order valence-corrected chi connectivity index (χ1v) is 18.7. The van der Waals surface area contributed by atoms with E-state index < -0.39 is 26.7 Å². The third-order valence-electron chi connectivity index (χ3n) is 9.70. The third-order valence-corrected chi connectivity index (χ3v) is 13.7. The monoisotopic (exact) mass is 616 g/mol. The summed E-state index contributed by atoms with van der Waals surface area (Å²) in [7, 11) is -5.77. The van der Waals surface area contributed by atoms with E-state index in [4.69, 9.17) is 17.3 Å². The van der Waals surface area contributed by atoms with E-state index in [9.17, 15) is 22.3 Å². The van der Waals surface area contributed by atoms with Gasteiger partial charge in [0.1, 0.15) is 0 Å². The van der Waals surface area contributed by atoms with Crippen LogP contribution in [-0.2, 0) is 14.8 Å². The van der Waals surface area contributed by atoms with Gasteiger partial charge in [-0.25, -0.2) is 8.42 Å². The molecule has 1 amide bonds. The summed E-state index contributed by atoms with van der Waals surface area (Å²) in [6.45, 7) is 1.25. The fraction of sp³-hybridized carbons (Fsp3) is 0.750. The highest BCUT2D eigenvalue weighted by atomic mass is 35.5. The number of amides is 1. The second-order valence-corrected chi connectivity index (χ2v) is 17.2. The topological polar surface area (TPSA) is 145 Å². The van der Waals surface area contributed by atoms with E-state index in [1.807, 2.05) is 24.3 Å². The number of sulfonamides is 1. The van der Waals surface area contributed by atoms with Gasteiger partial charge in [0.15, 0.2) is 0 Å². The summed E-state index contributed by atoms with van der Waals surface area (Å²) in [5, 5.41) is 7.44. The Bertz CT molecular complexity index is 1130. The van der Waals surface area contributed by atoms with Gasteiger partial charge < -0.3 is 16.4 Å². The largest absolute Gasteiger partial charge is 0.352 e. The van der Waals surface area contributed by atoms with Crippen molar-refractivity contribution < 1.29 is 22.3 Å². The van der Waals surface area contributed by atoms with Crippen LogP contribution in [0.15, 0.2) is 24.3 Å². The molecule has 4 aliphatic rings. The second kappa shape index (κ2) is 12.8. The molecule has 1 aromatic carbocycles. The van der Waals surface area contributed by atoms with Crippen molar-refractivity contribution in [3.63, 3.8) is 0 Å². The number of piperazine rings is 1. The van der Waals surface area contributed by atoms with E-state index in [-0.39, 0.29) is 41.6 Å². The molecule has 0 radical (unpaired) electrons. The van der Waals surface area contributed by atoms with Crippen LogP contribution in [0.2, 0.25) is 5.02 Å². The summed E-state index contributed by atoms with van der Waals surface area (Å²) < 4.78 is 47.8. The Morgan fingerprint density at radius 3 is 2.50 bits per heavy atom. The molecular weight excluding hydrogens is 572 g/mol. The maximum atomic E-state index is 13.6. The Balaban J connectivity index is 1.22. The first-order chi connectivity index (χ1) is 19.0.